The maximum absolute atomic E-state index is 13.2. The second-order valence-corrected chi connectivity index (χ2v) is 8.41. The van der Waals surface area contributed by atoms with Gasteiger partial charge in [0.1, 0.15) is 0 Å². The first-order valence-electron chi connectivity index (χ1n) is 9.97. The Hall–Kier alpha value is -2.24. The van der Waals surface area contributed by atoms with Crippen LogP contribution in [0.15, 0.2) is 36.4 Å². The monoisotopic (exact) mass is 431 g/mol. The molecule has 0 spiro atoms. The lowest BCUT2D eigenvalue weighted by molar-refractivity contribution is 0.0793. The largest absolute Gasteiger partial charge is 0.371 e. The van der Waals surface area contributed by atoms with Crippen LogP contribution in [0.4, 0.5) is 11.4 Å². The Kier molecular flexibility index (Phi) is 5.97. The van der Waals surface area contributed by atoms with Gasteiger partial charge in [-0.2, -0.15) is 0 Å². The van der Waals surface area contributed by atoms with Gasteiger partial charge in [0.15, 0.2) is 0 Å². The molecule has 2 aliphatic heterocycles. The third-order valence-corrected chi connectivity index (χ3v) is 5.89. The summed E-state index contributed by atoms with van der Waals surface area (Å²) in [6.07, 6.45) is 4.34. The number of hydrogen-bond acceptors (Lipinski definition) is 3. The third-order valence-electron chi connectivity index (χ3n) is 5.45. The first-order valence-corrected chi connectivity index (χ1v) is 10.7. The Balaban J connectivity index is 1.62. The second kappa shape index (κ2) is 8.64. The molecule has 0 atom stereocenters. The van der Waals surface area contributed by atoms with Crippen molar-refractivity contribution in [2.75, 3.05) is 36.4 Å². The SMILES string of the molecule is O=C(Nc1ccc(N2CCCC2)c(C(=O)N2CCCC2)c1)c1cc(Cl)cc(Cl)c1. The molecule has 0 unspecified atom stereocenters. The minimum absolute atomic E-state index is 0.0336. The van der Waals surface area contributed by atoms with Gasteiger partial charge in [-0.1, -0.05) is 23.2 Å². The van der Waals surface area contributed by atoms with Crippen molar-refractivity contribution in [3.63, 3.8) is 0 Å². The van der Waals surface area contributed by atoms with E-state index in [1.54, 1.807) is 24.3 Å². The number of nitrogens with one attached hydrogen (secondary N) is 1. The summed E-state index contributed by atoms with van der Waals surface area (Å²) in [7, 11) is 0. The maximum Gasteiger partial charge on any atom is 0.256 e. The van der Waals surface area contributed by atoms with E-state index < -0.39 is 0 Å². The molecule has 7 heteroatoms. The fourth-order valence-electron chi connectivity index (χ4n) is 4.00. The minimum Gasteiger partial charge on any atom is -0.371 e. The topological polar surface area (TPSA) is 52.7 Å². The Morgan fingerprint density at radius 1 is 0.828 bits per heavy atom. The summed E-state index contributed by atoms with van der Waals surface area (Å²) in [5.41, 5.74) is 2.55. The lowest BCUT2D eigenvalue weighted by Gasteiger charge is -2.24. The standard InChI is InChI=1S/C22H23Cl2N3O2/c23-16-11-15(12-17(24)13-16)21(28)25-18-5-6-20(26-7-1-2-8-26)19(14-18)22(29)27-9-3-4-10-27/h5-6,11-14H,1-4,7-10H2,(H,25,28). The van der Waals surface area contributed by atoms with Gasteiger partial charge in [-0.15, -0.1) is 0 Å². The highest BCUT2D eigenvalue weighted by Gasteiger charge is 2.25. The first kappa shape index (κ1) is 20.0. The van der Waals surface area contributed by atoms with E-state index in [2.05, 4.69) is 10.2 Å². The molecular formula is C22H23Cl2N3O2. The smallest absolute Gasteiger partial charge is 0.256 e. The molecule has 4 rings (SSSR count). The van der Waals surface area contributed by atoms with Gasteiger partial charge >= 0.3 is 0 Å². The zero-order valence-corrected chi connectivity index (χ0v) is 17.6. The quantitative estimate of drug-likeness (QED) is 0.733. The highest BCUT2D eigenvalue weighted by Crippen LogP contribution is 2.30. The number of benzene rings is 2. The Labute approximate surface area is 180 Å². The molecule has 29 heavy (non-hydrogen) atoms. The highest BCUT2D eigenvalue weighted by molar-refractivity contribution is 6.35. The summed E-state index contributed by atoms with van der Waals surface area (Å²) in [5.74, 6) is -0.283. The van der Waals surface area contributed by atoms with Crippen molar-refractivity contribution in [1.82, 2.24) is 4.90 Å². The van der Waals surface area contributed by atoms with Crippen LogP contribution >= 0.6 is 23.2 Å². The molecule has 0 saturated carbocycles. The number of anilines is 2. The van der Waals surface area contributed by atoms with E-state index in [1.165, 1.54) is 0 Å². The third kappa shape index (κ3) is 4.51. The number of carbonyl (C=O) groups is 2. The zero-order chi connectivity index (χ0) is 20.4. The van der Waals surface area contributed by atoms with Gasteiger partial charge in [0.05, 0.1) is 5.56 Å². The number of likely N-dealkylation sites (tertiary alicyclic amines) is 1. The summed E-state index contributed by atoms with van der Waals surface area (Å²) in [6.45, 7) is 3.48. The molecule has 2 saturated heterocycles. The number of carbonyl (C=O) groups excluding carboxylic acids is 2. The van der Waals surface area contributed by atoms with Gasteiger partial charge < -0.3 is 15.1 Å². The van der Waals surface area contributed by atoms with E-state index in [0.29, 0.717) is 26.9 Å². The van der Waals surface area contributed by atoms with E-state index >= 15 is 0 Å². The molecule has 0 bridgehead atoms. The van der Waals surface area contributed by atoms with E-state index in [1.807, 2.05) is 17.0 Å². The number of halogens is 2. The summed E-state index contributed by atoms with van der Waals surface area (Å²) in [5, 5.41) is 3.67. The predicted octanol–water partition coefficient (Wildman–Crippen LogP) is 5.08. The molecule has 0 radical (unpaired) electrons. The first-order chi connectivity index (χ1) is 14.0. The second-order valence-electron chi connectivity index (χ2n) is 7.54. The van der Waals surface area contributed by atoms with Crippen LogP contribution in [0.5, 0.6) is 0 Å². The van der Waals surface area contributed by atoms with Gasteiger partial charge in [0, 0.05) is 53.2 Å². The Morgan fingerprint density at radius 2 is 1.45 bits per heavy atom. The van der Waals surface area contributed by atoms with Crippen LogP contribution in [-0.4, -0.2) is 42.9 Å². The van der Waals surface area contributed by atoms with Crippen LogP contribution in [-0.2, 0) is 0 Å². The fraction of sp³-hybridized carbons (Fsp3) is 0.364. The average molecular weight is 432 g/mol. The van der Waals surface area contributed by atoms with E-state index in [0.717, 1.165) is 57.5 Å². The molecule has 2 heterocycles. The molecule has 2 aliphatic rings. The van der Waals surface area contributed by atoms with Crippen LogP contribution in [0.2, 0.25) is 10.0 Å². The zero-order valence-electron chi connectivity index (χ0n) is 16.1. The van der Waals surface area contributed by atoms with E-state index in [4.69, 9.17) is 23.2 Å². The van der Waals surface area contributed by atoms with Crippen molar-refractivity contribution in [2.24, 2.45) is 0 Å². The number of rotatable bonds is 4. The molecule has 0 aromatic heterocycles. The minimum atomic E-state index is -0.317. The van der Waals surface area contributed by atoms with Gasteiger partial charge in [-0.05, 0) is 62.1 Å². The number of hydrogen-bond donors (Lipinski definition) is 1. The van der Waals surface area contributed by atoms with Crippen molar-refractivity contribution in [1.29, 1.82) is 0 Å². The Bertz CT molecular complexity index is 915. The summed E-state index contributed by atoms with van der Waals surface area (Å²) >= 11 is 12.0. The summed E-state index contributed by atoms with van der Waals surface area (Å²) in [6, 6.07) is 10.3. The van der Waals surface area contributed by atoms with Crippen molar-refractivity contribution in [3.05, 3.63) is 57.6 Å². The molecule has 2 fully saturated rings. The molecule has 2 amide bonds. The van der Waals surface area contributed by atoms with Gasteiger partial charge in [0.25, 0.3) is 11.8 Å². The van der Waals surface area contributed by atoms with Crippen LogP contribution in [0.1, 0.15) is 46.4 Å². The van der Waals surface area contributed by atoms with Crippen molar-refractivity contribution < 1.29 is 9.59 Å². The lowest BCUT2D eigenvalue weighted by Crippen LogP contribution is -2.30. The fourth-order valence-corrected chi connectivity index (χ4v) is 4.52. The van der Waals surface area contributed by atoms with Gasteiger partial charge in [0.2, 0.25) is 0 Å². The Morgan fingerprint density at radius 3 is 2.10 bits per heavy atom. The van der Waals surface area contributed by atoms with Crippen molar-refractivity contribution >= 4 is 46.4 Å². The van der Waals surface area contributed by atoms with Crippen molar-refractivity contribution in [3.8, 4) is 0 Å². The molecule has 0 aliphatic carbocycles. The van der Waals surface area contributed by atoms with Crippen LogP contribution in [0.25, 0.3) is 0 Å². The van der Waals surface area contributed by atoms with Crippen LogP contribution < -0.4 is 10.2 Å². The van der Waals surface area contributed by atoms with Crippen LogP contribution in [0.3, 0.4) is 0 Å². The molecule has 2 aromatic rings. The number of nitrogens with zero attached hydrogens (tertiary/aromatic N) is 2. The molecule has 5 nitrogen and oxygen atoms in total. The van der Waals surface area contributed by atoms with Crippen molar-refractivity contribution in [2.45, 2.75) is 25.7 Å². The highest BCUT2D eigenvalue weighted by atomic mass is 35.5. The van der Waals surface area contributed by atoms with Gasteiger partial charge in [-0.25, -0.2) is 0 Å². The molecule has 152 valence electrons. The number of amides is 2. The lowest BCUT2D eigenvalue weighted by atomic mass is 10.1. The maximum atomic E-state index is 13.2. The summed E-state index contributed by atoms with van der Waals surface area (Å²) in [4.78, 5) is 30.0. The molecule has 2 aromatic carbocycles. The predicted molar refractivity (Wildman–Crippen MR) is 117 cm³/mol. The molecular weight excluding hydrogens is 409 g/mol. The van der Waals surface area contributed by atoms with E-state index in [9.17, 15) is 9.59 Å². The average Bonchev–Trinajstić information content (AvgIpc) is 3.40. The van der Waals surface area contributed by atoms with Gasteiger partial charge in [-0.3, -0.25) is 9.59 Å². The summed E-state index contributed by atoms with van der Waals surface area (Å²) < 4.78 is 0. The van der Waals surface area contributed by atoms with Crippen LogP contribution in [0, 0.1) is 0 Å². The molecule has 1 N–H and O–H groups in total. The normalized spacial score (nSPS) is 16.3. The van der Waals surface area contributed by atoms with E-state index in [-0.39, 0.29) is 11.8 Å².